The van der Waals surface area contributed by atoms with Gasteiger partial charge in [0.2, 0.25) is 5.91 Å². The third-order valence-corrected chi connectivity index (χ3v) is 5.06. The molecule has 4 rings (SSSR count). The monoisotopic (exact) mass is 406 g/mol. The van der Waals surface area contributed by atoms with Crippen molar-refractivity contribution in [3.63, 3.8) is 0 Å². The molecule has 1 aromatic heterocycles. The van der Waals surface area contributed by atoms with Gasteiger partial charge in [0, 0.05) is 47.4 Å². The number of aromatic nitrogens is 2. The van der Waals surface area contributed by atoms with Crippen LogP contribution in [0.3, 0.4) is 0 Å². The van der Waals surface area contributed by atoms with Gasteiger partial charge in [0.25, 0.3) is 0 Å². The zero-order chi connectivity index (χ0) is 21.1. The summed E-state index contributed by atoms with van der Waals surface area (Å²) in [6.07, 6.45) is 4.38. The Balaban J connectivity index is 1.49. The van der Waals surface area contributed by atoms with E-state index in [4.69, 9.17) is 9.47 Å². The van der Waals surface area contributed by atoms with Crippen LogP contribution in [0.15, 0.2) is 54.9 Å². The Bertz CT molecular complexity index is 1020. The van der Waals surface area contributed by atoms with E-state index in [9.17, 15) is 4.79 Å². The number of nitrogens with one attached hydrogen (secondary N) is 2. The molecule has 2 N–H and O–H groups in total. The number of H-pyrrole nitrogens is 1. The molecule has 1 saturated heterocycles. The highest BCUT2D eigenvalue weighted by Gasteiger charge is 2.33. The van der Waals surface area contributed by atoms with Gasteiger partial charge >= 0.3 is 0 Å². The number of rotatable bonds is 7. The average Bonchev–Trinajstić information content (AvgIpc) is 3.38. The lowest BCUT2D eigenvalue weighted by atomic mass is 10.1. The van der Waals surface area contributed by atoms with E-state index in [0.29, 0.717) is 12.3 Å². The number of nitrogens with zero attached hydrogens (tertiary/aromatic N) is 2. The molecule has 30 heavy (non-hydrogen) atoms. The second-order valence-electron chi connectivity index (χ2n) is 7.54. The van der Waals surface area contributed by atoms with Crippen molar-refractivity contribution in [2.45, 2.75) is 32.4 Å². The smallest absolute Gasteiger partial charge is 0.249 e. The minimum Gasteiger partial charge on any atom is -0.496 e. The van der Waals surface area contributed by atoms with Gasteiger partial charge in [0.15, 0.2) is 0 Å². The standard InChI is InChI=1S/C23H26N4O3/c1-15(2)30-19-6-4-5-17(11-19)26-21-9-10-27(23(21)28)18-7-8-20(22(12-18)29-3)16-13-24-25-14-16/h4-8,11-15,21,26H,9-10H2,1-3H3,(H,24,25). The van der Waals surface area contributed by atoms with Crippen molar-refractivity contribution in [2.24, 2.45) is 0 Å². The first-order chi connectivity index (χ1) is 14.5. The van der Waals surface area contributed by atoms with E-state index >= 15 is 0 Å². The van der Waals surface area contributed by atoms with E-state index in [1.54, 1.807) is 18.2 Å². The first-order valence-electron chi connectivity index (χ1n) is 10.1. The van der Waals surface area contributed by atoms with Crippen LogP contribution < -0.4 is 19.7 Å². The number of aromatic amines is 1. The minimum atomic E-state index is -0.279. The molecule has 1 unspecified atom stereocenters. The van der Waals surface area contributed by atoms with Crippen LogP contribution in [-0.4, -0.2) is 41.9 Å². The predicted molar refractivity (Wildman–Crippen MR) is 117 cm³/mol. The van der Waals surface area contributed by atoms with E-state index in [-0.39, 0.29) is 18.1 Å². The van der Waals surface area contributed by atoms with E-state index in [1.807, 2.05) is 62.5 Å². The van der Waals surface area contributed by atoms with E-state index < -0.39 is 0 Å². The van der Waals surface area contributed by atoms with Gasteiger partial charge in [-0.3, -0.25) is 9.89 Å². The van der Waals surface area contributed by atoms with Gasteiger partial charge in [0.05, 0.1) is 19.4 Å². The van der Waals surface area contributed by atoms with E-state index in [2.05, 4.69) is 15.5 Å². The zero-order valence-electron chi connectivity index (χ0n) is 17.4. The summed E-state index contributed by atoms with van der Waals surface area (Å²) in [5, 5.41) is 10.2. The lowest BCUT2D eigenvalue weighted by Gasteiger charge is -2.20. The van der Waals surface area contributed by atoms with Crippen LogP contribution >= 0.6 is 0 Å². The maximum absolute atomic E-state index is 13.1. The predicted octanol–water partition coefficient (Wildman–Crippen LogP) is 4.09. The van der Waals surface area contributed by atoms with Gasteiger partial charge in [-0.15, -0.1) is 0 Å². The molecule has 0 spiro atoms. The number of benzene rings is 2. The molecule has 1 atom stereocenters. The molecule has 0 radical (unpaired) electrons. The van der Waals surface area contributed by atoms with Crippen molar-refractivity contribution < 1.29 is 14.3 Å². The van der Waals surface area contributed by atoms with Crippen molar-refractivity contribution >= 4 is 17.3 Å². The summed E-state index contributed by atoms with van der Waals surface area (Å²) in [4.78, 5) is 14.9. The average molecular weight is 406 g/mol. The number of ether oxygens (including phenoxy) is 2. The lowest BCUT2D eigenvalue weighted by Crippen LogP contribution is -2.33. The molecule has 1 aliphatic heterocycles. The van der Waals surface area contributed by atoms with Crippen molar-refractivity contribution in [1.29, 1.82) is 0 Å². The van der Waals surface area contributed by atoms with Crippen molar-refractivity contribution in [2.75, 3.05) is 23.9 Å². The number of carbonyl (C=O) groups is 1. The first kappa shape index (κ1) is 19.8. The molecular formula is C23H26N4O3. The van der Waals surface area contributed by atoms with Crippen molar-refractivity contribution in [1.82, 2.24) is 10.2 Å². The second-order valence-corrected chi connectivity index (χ2v) is 7.54. The first-order valence-corrected chi connectivity index (χ1v) is 10.1. The summed E-state index contributed by atoms with van der Waals surface area (Å²) in [5.74, 6) is 1.54. The number of carbonyl (C=O) groups excluding carboxylic acids is 1. The Morgan fingerprint density at radius 3 is 2.83 bits per heavy atom. The summed E-state index contributed by atoms with van der Waals surface area (Å²) >= 11 is 0. The molecule has 1 aliphatic rings. The molecule has 0 bridgehead atoms. The molecule has 156 valence electrons. The molecule has 2 aromatic carbocycles. The largest absolute Gasteiger partial charge is 0.496 e. The second kappa shape index (κ2) is 8.49. The van der Waals surface area contributed by atoms with Gasteiger partial charge in [-0.25, -0.2) is 0 Å². The number of amides is 1. The summed E-state index contributed by atoms with van der Waals surface area (Å²) < 4.78 is 11.3. The van der Waals surface area contributed by atoms with Crippen LogP contribution in [-0.2, 0) is 4.79 Å². The van der Waals surface area contributed by atoms with Gasteiger partial charge in [0.1, 0.15) is 17.5 Å². The van der Waals surface area contributed by atoms with Crippen LogP contribution in [0.4, 0.5) is 11.4 Å². The Morgan fingerprint density at radius 1 is 1.23 bits per heavy atom. The molecule has 7 heteroatoms. The fourth-order valence-corrected chi connectivity index (χ4v) is 3.69. The molecule has 1 amide bonds. The van der Waals surface area contributed by atoms with Crippen LogP contribution in [0.1, 0.15) is 20.3 Å². The number of hydrogen-bond donors (Lipinski definition) is 2. The number of anilines is 2. The van der Waals surface area contributed by atoms with Gasteiger partial charge in [-0.05, 0) is 44.5 Å². The molecule has 7 nitrogen and oxygen atoms in total. The maximum Gasteiger partial charge on any atom is 0.249 e. The summed E-state index contributed by atoms with van der Waals surface area (Å²) in [7, 11) is 1.63. The lowest BCUT2D eigenvalue weighted by molar-refractivity contribution is -0.117. The number of methoxy groups -OCH3 is 1. The van der Waals surface area contributed by atoms with E-state index in [1.165, 1.54) is 0 Å². The molecule has 3 aromatic rings. The highest BCUT2D eigenvalue weighted by molar-refractivity contribution is 6.01. The normalized spacial score (nSPS) is 16.2. The Labute approximate surface area is 176 Å². The third-order valence-electron chi connectivity index (χ3n) is 5.06. The quantitative estimate of drug-likeness (QED) is 0.618. The Hall–Kier alpha value is -3.48. The molecule has 2 heterocycles. The summed E-state index contributed by atoms with van der Waals surface area (Å²) in [6, 6.07) is 13.3. The molecule has 1 fully saturated rings. The van der Waals surface area contributed by atoms with E-state index in [0.717, 1.165) is 34.7 Å². The van der Waals surface area contributed by atoms with Gasteiger partial charge in [-0.2, -0.15) is 5.10 Å². The van der Waals surface area contributed by atoms with Crippen LogP contribution in [0.5, 0.6) is 11.5 Å². The van der Waals surface area contributed by atoms with Crippen molar-refractivity contribution in [3.05, 3.63) is 54.9 Å². The zero-order valence-corrected chi connectivity index (χ0v) is 17.4. The summed E-state index contributed by atoms with van der Waals surface area (Å²) in [5.41, 5.74) is 3.57. The van der Waals surface area contributed by atoms with Gasteiger partial charge in [-0.1, -0.05) is 6.07 Å². The van der Waals surface area contributed by atoms with Crippen LogP contribution in [0.25, 0.3) is 11.1 Å². The fraction of sp³-hybridized carbons (Fsp3) is 0.304. The highest BCUT2D eigenvalue weighted by atomic mass is 16.5. The third kappa shape index (κ3) is 4.10. The summed E-state index contributed by atoms with van der Waals surface area (Å²) in [6.45, 7) is 4.63. The Kier molecular flexibility index (Phi) is 5.61. The molecular weight excluding hydrogens is 380 g/mol. The van der Waals surface area contributed by atoms with Crippen LogP contribution in [0, 0.1) is 0 Å². The van der Waals surface area contributed by atoms with Crippen molar-refractivity contribution in [3.8, 4) is 22.6 Å². The highest BCUT2D eigenvalue weighted by Crippen LogP contribution is 2.35. The van der Waals surface area contributed by atoms with Crippen LogP contribution in [0.2, 0.25) is 0 Å². The SMILES string of the molecule is COc1cc(N2CCC(Nc3cccc(OC(C)C)c3)C2=O)ccc1-c1cn[nH]c1. The number of hydrogen-bond acceptors (Lipinski definition) is 5. The minimum absolute atomic E-state index is 0.0447. The van der Waals surface area contributed by atoms with Gasteiger partial charge < -0.3 is 19.7 Å². The fourth-order valence-electron chi connectivity index (χ4n) is 3.69. The molecule has 0 aliphatic carbocycles. The Morgan fingerprint density at radius 2 is 2.10 bits per heavy atom. The molecule has 0 saturated carbocycles. The topological polar surface area (TPSA) is 79.5 Å². The maximum atomic E-state index is 13.1.